The van der Waals surface area contributed by atoms with Crippen molar-refractivity contribution in [2.75, 3.05) is 5.75 Å². The van der Waals surface area contributed by atoms with Crippen LogP contribution in [0, 0.1) is 0 Å². The van der Waals surface area contributed by atoms with Gasteiger partial charge in [-0.2, -0.15) is 4.40 Å². The Hall–Kier alpha value is -0.390. The number of hydrogen-bond donors (Lipinski definition) is 0. The molecule has 0 aromatic heterocycles. The second-order valence-electron chi connectivity index (χ2n) is 1.62. The minimum atomic E-state index is -4.58. The molecule has 0 amide bonds. The van der Waals surface area contributed by atoms with Gasteiger partial charge in [-0.15, -0.1) is 13.2 Å². The van der Waals surface area contributed by atoms with Gasteiger partial charge in [0.05, 0.1) is 0 Å². The minimum Gasteiger partial charge on any atom is -0.391 e. The van der Waals surface area contributed by atoms with Gasteiger partial charge in [-0.25, -0.2) is 0 Å². The Bertz CT molecular complexity index is 155. The van der Waals surface area contributed by atoms with Crippen molar-refractivity contribution in [3.8, 4) is 0 Å². The summed E-state index contributed by atoms with van der Waals surface area (Å²) in [6.45, 7) is 0. The molecule has 0 aromatic rings. The van der Waals surface area contributed by atoms with E-state index in [2.05, 4.69) is 9.13 Å². The highest BCUT2D eigenvalue weighted by molar-refractivity contribution is 7.98. The Kier molecular flexibility index (Phi) is 2.08. The number of alkyl halides is 3. The van der Waals surface area contributed by atoms with Gasteiger partial charge in [-0.05, 0) is 11.9 Å². The SMILES string of the molecule is FC(F)(F)OC1=NSCC1. The first kappa shape index (κ1) is 7.71. The van der Waals surface area contributed by atoms with Crippen molar-refractivity contribution in [3.05, 3.63) is 0 Å². The number of nitrogens with zero attached hydrogens (tertiary/aromatic N) is 1. The van der Waals surface area contributed by atoms with Gasteiger partial charge in [-0.3, -0.25) is 0 Å². The molecular formula is C4H4F3NOS. The normalized spacial score (nSPS) is 18.9. The van der Waals surface area contributed by atoms with E-state index in [1.807, 2.05) is 0 Å². The zero-order valence-corrected chi connectivity index (χ0v) is 5.63. The fourth-order valence-electron chi connectivity index (χ4n) is 0.499. The number of halogens is 3. The molecule has 1 aliphatic rings. The smallest absolute Gasteiger partial charge is 0.391 e. The number of hydrogen-bond acceptors (Lipinski definition) is 3. The highest BCUT2D eigenvalue weighted by Gasteiger charge is 2.33. The van der Waals surface area contributed by atoms with Gasteiger partial charge in [0.2, 0.25) is 5.90 Å². The molecule has 0 unspecified atom stereocenters. The van der Waals surface area contributed by atoms with Gasteiger partial charge in [-0.1, -0.05) is 0 Å². The van der Waals surface area contributed by atoms with Crippen LogP contribution in [0.5, 0.6) is 0 Å². The first-order valence-corrected chi connectivity index (χ1v) is 3.47. The van der Waals surface area contributed by atoms with E-state index in [9.17, 15) is 13.2 Å². The molecule has 2 nitrogen and oxygen atoms in total. The van der Waals surface area contributed by atoms with E-state index >= 15 is 0 Å². The minimum absolute atomic E-state index is 0.225. The van der Waals surface area contributed by atoms with Crippen molar-refractivity contribution in [2.24, 2.45) is 4.40 Å². The quantitative estimate of drug-likeness (QED) is 0.520. The molecule has 1 rings (SSSR count). The summed E-state index contributed by atoms with van der Waals surface area (Å²) in [4.78, 5) is 0. The third kappa shape index (κ3) is 2.47. The first-order chi connectivity index (χ1) is 4.58. The summed E-state index contributed by atoms with van der Waals surface area (Å²) >= 11 is 1.09. The molecule has 0 saturated heterocycles. The van der Waals surface area contributed by atoms with Gasteiger partial charge in [0, 0.05) is 12.2 Å². The van der Waals surface area contributed by atoms with Gasteiger partial charge < -0.3 is 4.74 Å². The maximum atomic E-state index is 11.4. The Morgan fingerprint density at radius 1 is 1.50 bits per heavy atom. The molecule has 6 heteroatoms. The van der Waals surface area contributed by atoms with Crippen LogP contribution in [0.25, 0.3) is 0 Å². The Labute approximate surface area is 59.6 Å². The maximum absolute atomic E-state index is 11.4. The third-order valence-corrected chi connectivity index (χ3v) is 1.53. The summed E-state index contributed by atoms with van der Waals surface area (Å²) in [5.41, 5.74) is 0. The fraction of sp³-hybridized carbons (Fsp3) is 0.750. The molecule has 0 atom stereocenters. The molecule has 0 aliphatic carbocycles. The van der Waals surface area contributed by atoms with Crippen molar-refractivity contribution in [3.63, 3.8) is 0 Å². The van der Waals surface area contributed by atoms with Gasteiger partial charge in [0.1, 0.15) is 0 Å². The molecule has 0 bridgehead atoms. The molecule has 0 aromatic carbocycles. The molecule has 0 fully saturated rings. The first-order valence-electron chi connectivity index (χ1n) is 2.52. The Morgan fingerprint density at radius 2 is 2.20 bits per heavy atom. The van der Waals surface area contributed by atoms with E-state index in [4.69, 9.17) is 0 Å². The fourth-order valence-corrected chi connectivity index (χ4v) is 1.13. The summed E-state index contributed by atoms with van der Waals surface area (Å²) in [6.07, 6.45) is -4.31. The Morgan fingerprint density at radius 3 is 2.60 bits per heavy atom. The predicted molar refractivity (Wildman–Crippen MR) is 31.6 cm³/mol. The van der Waals surface area contributed by atoms with Crippen LogP contribution in [-0.2, 0) is 4.74 Å². The summed E-state index contributed by atoms with van der Waals surface area (Å²) in [7, 11) is 0. The van der Waals surface area contributed by atoms with Crippen LogP contribution in [0.15, 0.2) is 4.40 Å². The highest BCUT2D eigenvalue weighted by Crippen LogP contribution is 2.23. The van der Waals surface area contributed by atoms with Gasteiger partial charge in [0.25, 0.3) is 0 Å². The van der Waals surface area contributed by atoms with Crippen LogP contribution >= 0.6 is 11.9 Å². The Balaban J connectivity index is 2.38. The topological polar surface area (TPSA) is 21.6 Å². The van der Waals surface area contributed by atoms with Crippen LogP contribution in [0.4, 0.5) is 13.2 Å². The third-order valence-electron chi connectivity index (χ3n) is 0.807. The summed E-state index contributed by atoms with van der Waals surface area (Å²) in [5.74, 6) is 0.350. The lowest BCUT2D eigenvalue weighted by atomic mass is 10.5. The van der Waals surface area contributed by atoms with Gasteiger partial charge in [0.15, 0.2) is 0 Å². The average molecular weight is 171 g/mol. The van der Waals surface area contributed by atoms with Crippen LogP contribution in [-0.4, -0.2) is 18.0 Å². The lowest BCUT2D eigenvalue weighted by molar-refractivity contribution is -0.284. The molecule has 1 aliphatic heterocycles. The largest absolute Gasteiger partial charge is 0.574 e. The van der Waals surface area contributed by atoms with Crippen molar-refractivity contribution in [1.29, 1.82) is 0 Å². The second-order valence-corrected chi connectivity index (χ2v) is 2.47. The van der Waals surface area contributed by atoms with E-state index in [1.165, 1.54) is 0 Å². The maximum Gasteiger partial charge on any atom is 0.574 e. The van der Waals surface area contributed by atoms with E-state index in [0.717, 1.165) is 11.9 Å². The average Bonchev–Trinajstić information content (AvgIpc) is 2.12. The molecule has 0 spiro atoms. The van der Waals surface area contributed by atoms with Gasteiger partial charge >= 0.3 is 6.36 Å². The molecule has 0 radical (unpaired) electrons. The number of ether oxygens (including phenoxy) is 1. The highest BCUT2D eigenvalue weighted by atomic mass is 32.2. The van der Waals surface area contributed by atoms with Crippen molar-refractivity contribution >= 4 is 17.8 Å². The second kappa shape index (κ2) is 2.69. The van der Waals surface area contributed by atoms with E-state index < -0.39 is 6.36 Å². The zero-order chi connectivity index (χ0) is 7.61. The summed E-state index contributed by atoms with van der Waals surface area (Å²) in [5, 5.41) is 0. The van der Waals surface area contributed by atoms with E-state index in [-0.39, 0.29) is 12.3 Å². The molecule has 58 valence electrons. The van der Waals surface area contributed by atoms with Crippen molar-refractivity contribution in [1.82, 2.24) is 0 Å². The van der Waals surface area contributed by atoms with Crippen LogP contribution in [0.1, 0.15) is 6.42 Å². The molecular weight excluding hydrogens is 167 g/mol. The zero-order valence-electron chi connectivity index (χ0n) is 4.81. The molecule has 0 saturated carbocycles. The van der Waals surface area contributed by atoms with Crippen LogP contribution < -0.4 is 0 Å². The molecule has 10 heavy (non-hydrogen) atoms. The van der Waals surface area contributed by atoms with E-state index in [0.29, 0.717) is 5.75 Å². The molecule has 1 heterocycles. The lowest BCUT2D eigenvalue weighted by Gasteiger charge is -2.05. The van der Waals surface area contributed by atoms with Crippen LogP contribution in [0.2, 0.25) is 0 Å². The van der Waals surface area contributed by atoms with E-state index in [1.54, 1.807) is 0 Å². The standard InChI is InChI=1S/C4H4F3NOS/c5-4(6,7)9-3-1-2-10-8-3/h1-2H2. The summed E-state index contributed by atoms with van der Waals surface area (Å²) < 4.78 is 41.1. The van der Waals surface area contributed by atoms with Crippen LogP contribution in [0.3, 0.4) is 0 Å². The monoisotopic (exact) mass is 171 g/mol. The van der Waals surface area contributed by atoms with Crippen molar-refractivity contribution < 1.29 is 17.9 Å². The van der Waals surface area contributed by atoms with Crippen molar-refractivity contribution in [2.45, 2.75) is 12.8 Å². The summed E-state index contributed by atoms with van der Waals surface area (Å²) in [6, 6.07) is 0. The molecule has 0 N–H and O–H groups in total. The number of rotatable bonds is 0. The predicted octanol–water partition coefficient (Wildman–Crippen LogP) is 1.97. The lowest BCUT2D eigenvalue weighted by Crippen LogP contribution is -2.17.